The van der Waals surface area contributed by atoms with E-state index in [1.54, 1.807) is 0 Å². The number of halogens is 1. The highest BCUT2D eigenvalue weighted by Gasteiger charge is 2.21. The van der Waals surface area contributed by atoms with Crippen LogP contribution in [-0.4, -0.2) is 28.9 Å². The predicted octanol–water partition coefficient (Wildman–Crippen LogP) is 2.99. The van der Waals surface area contributed by atoms with Gasteiger partial charge in [0, 0.05) is 0 Å². The third kappa shape index (κ3) is 5.91. The Morgan fingerprint density at radius 1 is 1.11 bits per heavy atom. The van der Waals surface area contributed by atoms with Gasteiger partial charge in [-0.1, -0.05) is 43.7 Å². The molecule has 0 saturated heterocycles. The van der Waals surface area contributed by atoms with E-state index in [-0.39, 0.29) is 23.6 Å². The molecule has 0 radical (unpaired) electrons. The molecule has 6 nitrogen and oxygen atoms in total. The maximum Gasteiger partial charge on any atom is 0.335 e. The molecule has 1 unspecified atom stereocenters. The molecule has 7 heteroatoms. The van der Waals surface area contributed by atoms with Crippen LogP contribution in [0, 0.1) is 5.82 Å². The lowest BCUT2D eigenvalue weighted by atomic mass is 10.1. The fourth-order valence-electron chi connectivity index (χ4n) is 2.55. The fourth-order valence-corrected chi connectivity index (χ4v) is 2.55. The number of nitrogens with one attached hydrogen (secondary N) is 2. The Kier molecular flexibility index (Phi) is 7.05. The minimum absolute atomic E-state index is 0.135. The van der Waals surface area contributed by atoms with E-state index in [1.807, 2.05) is 37.3 Å². The van der Waals surface area contributed by atoms with Gasteiger partial charge in [-0.05, 0) is 30.2 Å². The first-order chi connectivity index (χ1) is 12.9. The number of benzene rings is 2. The van der Waals surface area contributed by atoms with Gasteiger partial charge >= 0.3 is 5.97 Å². The highest BCUT2D eigenvalue weighted by Crippen LogP contribution is 2.16. The van der Waals surface area contributed by atoms with E-state index < -0.39 is 23.7 Å². The van der Waals surface area contributed by atoms with Crippen LogP contribution in [0.15, 0.2) is 48.5 Å². The molecule has 1 atom stereocenters. The van der Waals surface area contributed by atoms with Crippen LogP contribution in [0.4, 0.5) is 10.1 Å². The van der Waals surface area contributed by atoms with Crippen molar-refractivity contribution in [1.82, 2.24) is 5.32 Å². The van der Waals surface area contributed by atoms with E-state index in [0.717, 1.165) is 11.6 Å². The molecule has 0 aliphatic carbocycles. The van der Waals surface area contributed by atoms with Crippen molar-refractivity contribution in [2.75, 3.05) is 5.32 Å². The number of hydrogen-bond acceptors (Lipinski definition) is 3. The smallest absolute Gasteiger partial charge is 0.335 e. The zero-order valence-corrected chi connectivity index (χ0v) is 14.9. The minimum atomic E-state index is -1.26. The van der Waals surface area contributed by atoms with Gasteiger partial charge < -0.3 is 15.7 Å². The molecule has 0 aromatic heterocycles. The van der Waals surface area contributed by atoms with Gasteiger partial charge in [0.2, 0.25) is 11.8 Å². The van der Waals surface area contributed by atoms with Gasteiger partial charge in [0.25, 0.3) is 0 Å². The Bertz CT molecular complexity index is 824. The summed E-state index contributed by atoms with van der Waals surface area (Å²) in [5, 5.41) is 13.9. The van der Waals surface area contributed by atoms with Crippen LogP contribution in [-0.2, 0) is 16.0 Å². The predicted molar refractivity (Wildman–Crippen MR) is 99.0 cm³/mol. The first-order valence-corrected chi connectivity index (χ1v) is 8.57. The van der Waals surface area contributed by atoms with Gasteiger partial charge in [-0.2, -0.15) is 0 Å². The molecule has 2 aromatic rings. The van der Waals surface area contributed by atoms with Crippen molar-refractivity contribution in [3.05, 3.63) is 65.5 Å². The second-order valence-electron chi connectivity index (χ2n) is 6.06. The van der Waals surface area contributed by atoms with Crippen molar-refractivity contribution in [2.45, 2.75) is 32.2 Å². The molecule has 0 aliphatic heterocycles. The monoisotopic (exact) mass is 372 g/mol. The largest absolute Gasteiger partial charge is 0.478 e. The molecule has 2 rings (SSSR count). The summed E-state index contributed by atoms with van der Waals surface area (Å²) in [7, 11) is 0. The second-order valence-corrected chi connectivity index (χ2v) is 6.06. The standard InChI is InChI=1S/C20H21FN2O4/c1-2-6-17(22-18(24)11-13-7-4-3-5-8-13)19(25)23-16-10-9-14(20(26)27)12-15(16)21/h3-5,7-10,12,17H,2,6,11H2,1H3,(H,22,24)(H,23,25)(H,26,27). The average Bonchev–Trinajstić information content (AvgIpc) is 2.63. The van der Waals surface area contributed by atoms with Gasteiger partial charge in [0.1, 0.15) is 11.9 Å². The van der Waals surface area contributed by atoms with Crippen molar-refractivity contribution in [3.8, 4) is 0 Å². The number of aromatic carboxylic acids is 1. The van der Waals surface area contributed by atoms with E-state index in [2.05, 4.69) is 10.6 Å². The van der Waals surface area contributed by atoms with Gasteiger partial charge in [-0.25, -0.2) is 9.18 Å². The summed E-state index contributed by atoms with van der Waals surface area (Å²) in [4.78, 5) is 35.5. The molecule has 27 heavy (non-hydrogen) atoms. The summed E-state index contributed by atoms with van der Waals surface area (Å²) in [6.07, 6.45) is 1.17. The van der Waals surface area contributed by atoms with Crippen molar-refractivity contribution in [3.63, 3.8) is 0 Å². The Morgan fingerprint density at radius 2 is 1.81 bits per heavy atom. The first kappa shape index (κ1) is 20.1. The quantitative estimate of drug-likeness (QED) is 0.664. The topological polar surface area (TPSA) is 95.5 Å². The number of amides is 2. The van der Waals surface area contributed by atoms with Crippen LogP contribution in [0.1, 0.15) is 35.7 Å². The summed E-state index contributed by atoms with van der Waals surface area (Å²) in [6.45, 7) is 1.87. The van der Waals surface area contributed by atoms with Gasteiger partial charge in [-0.15, -0.1) is 0 Å². The van der Waals surface area contributed by atoms with Crippen LogP contribution in [0.3, 0.4) is 0 Å². The van der Waals surface area contributed by atoms with E-state index in [4.69, 9.17) is 5.11 Å². The van der Waals surface area contributed by atoms with Crippen LogP contribution >= 0.6 is 0 Å². The van der Waals surface area contributed by atoms with Gasteiger partial charge in [0.15, 0.2) is 0 Å². The Labute approximate surface area is 156 Å². The minimum Gasteiger partial charge on any atom is -0.478 e. The van der Waals surface area contributed by atoms with Crippen LogP contribution < -0.4 is 10.6 Å². The van der Waals surface area contributed by atoms with E-state index >= 15 is 0 Å². The van der Waals surface area contributed by atoms with Crippen LogP contribution in [0.5, 0.6) is 0 Å². The lowest BCUT2D eigenvalue weighted by molar-refractivity contribution is -0.126. The summed E-state index contributed by atoms with van der Waals surface area (Å²) in [6, 6.07) is 11.5. The van der Waals surface area contributed by atoms with Crippen molar-refractivity contribution < 1.29 is 23.9 Å². The summed E-state index contributed by atoms with van der Waals surface area (Å²) in [5.41, 5.74) is 0.469. The maximum atomic E-state index is 14.0. The van der Waals surface area contributed by atoms with E-state index in [9.17, 15) is 18.8 Å². The third-order valence-electron chi connectivity index (χ3n) is 3.91. The van der Waals surface area contributed by atoms with Gasteiger partial charge in [-0.3, -0.25) is 9.59 Å². The SMILES string of the molecule is CCCC(NC(=O)Cc1ccccc1)C(=O)Nc1ccc(C(=O)O)cc1F. The molecular formula is C20H21FN2O4. The number of hydrogen-bond donors (Lipinski definition) is 3. The molecule has 0 heterocycles. The second kappa shape index (κ2) is 9.47. The number of rotatable bonds is 8. The number of anilines is 1. The summed E-state index contributed by atoms with van der Waals surface area (Å²) >= 11 is 0. The van der Waals surface area contributed by atoms with E-state index in [0.29, 0.717) is 12.8 Å². The normalized spacial score (nSPS) is 11.5. The molecule has 0 spiro atoms. The number of carbonyl (C=O) groups excluding carboxylic acids is 2. The lowest BCUT2D eigenvalue weighted by Crippen LogP contribution is -2.44. The molecule has 142 valence electrons. The Balaban J connectivity index is 2.03. The van der Waals surface area contributed by atoms with Crippen LogP contribution in [0.25, 0.3) is 0 Å². The lowest BCUT2D eigenvalue weighted by Gasteiger charge is -2.18. The number of carboxylic acid groups (broad SMARTS) is 1. The van der Waals surface area contributed by atoms with Crippen molar-refractivity contribution >= 4 is 23.5 Å². The Morgan fingerprint density at radius 3 is 2.41 bits per heavy atom. The molecule has 3 N–H and O–H groups in total. The molecule has 2 aromatic carbocycles. The third-order valence-corrected chi connectivity index (χ3v) is 3.91. The summed E-state index contributed by atoms with van der Waals surface area (Å²) in [5.74, 6) is -2.98. The molecular weight excluding hydrogens is 351 g/mol. The molecule has 0 fully saturated rings. The summed E-state index contributed by atoms with van der Waals surface area (Å²) < 4.78 is 14.0. The molecule has 2 amide bonds. The zero-order chi connectivity index (χ0) is 19.8. The maximum absolute atomic E-state index is 14.0. The highest BCUT2D eigenvalue weighted by molar-refractivity contribution is 5.98. The van der Waals surface area contributed by atoms with Crippen molar-refractivity contribution in [2.24, 2.45) is 0 Å². The first-order valence-electron chi connectivity index (χ1n) is 8.57. The zero-order valence-electron chi connectivity index (χ0n) is 14.9. The van der Waals surface area contributed by atoms with Crippen molar-refractivity contribution in [1.29, 1.82) is 0 Å². The Hall–Kier alpha value is -3.22. The average molecular weight is 372 g/mol. The molecule has 0 saturated carbocycles. The number of carboxylic acids is 1. The van der Waals surface area contributed by atoms with E-state index in [1.165, 1.54) is 12.1 Å². The van der Waals surface area contributed by atoms with Crippen LogP contribution in [0.2, 0.25) is 0 Å². The molecule has 0 aliphatic rings. The van der Waals surface area contributed by atoms with Gasteiger partial charge in [0.05, 0.1) is 17.7 Å². The molecule has 0 bridgehead atoms. The highest BCUT2D eigenvalue weighted by atomic mass is 19.1. The fraction of sp³-hybridized carbons (Fsp3) is 0.250. The number of carbonyl (C=O) groups is 3.